The molecular formula is C24H25BrClNO. The Morgan fingerprint density at radius 3 is 2.46 bits per heavy atom. The molecule has 0 amide bonds. The van der Waals surface area contributed by atoms with E-state index in [4.69, 9.17) is 16.3 Å². The van der Waals surface area contributed by atoms with Crippen LogP contribution < -0.4 is 10.1 Å². The highest BCUT2D eigenvalue weighted by molar-refractivity contribution is 9.10. The van der Waals surface area contributed by atoms with E-state index in [1.54, 1.807) is 0 Å². The van der Waals surface area contributed by atoms with Crippen molar-refractivity contribution >= 4 is 27.5 Å². The summed E-state index contributed by atoms with van der Waals surface area (Å²) < 4.78 is 7.15. The van der Waals surface area contributed by atoms with Gasteiger partial charge in [0.1, 0.15) is 12.4 Å². The quantitative estimate of drug-likeness (QED) is 0.363. The first kappa shape index (κ1) is 20.9. The van der Waals surface area contributed by atoms with E-state index >= 15 is 0 Å². The van der Waals surface area contributed by atoms with Crippen LogP contribution in [0, 0.1) is 0 Å². The second kappa shape index (κ2) is 10.7. The Labute approximate surface area is 181 Å². The number of hydrogen-bond acceptors (Lipinski definition) is 2. The first-order valence-corrected chi connectivity index (χ1v) is 10.8. The number of nitrogens with one attached hydrogen (secondary N) is 1. The molecule has 2 nitrogen and oxygen atoms in total. The van der Waals surface area contributed by atoms with E-state index in [1.165, 1.54) is 5.56 Å². The smallest absolute Gasteiger partial charge is 0.124 e. The van der Waals surface area contributed by atoms with Crippen molar-refractivity contribution in [3.8, 4) is 5.75 Å². The monoisotopic (exact) mass is 457 g/mol. The maximum atomic E-state index is 6.26. The molecular weight excluding hydrogens is 434 g/mol. The van der Waals surface area contributed by atoms with E-state index in [1.807, 2.05) is 36.4 Å². The fourth-order valence-corrected chi connectivity index (χ4v) is 3.79. The molecule has 1 atom stereocenters. The lowest BCUT2D eigenvalue weighted by molar-refractivity contribution is 0.301. The molecule has 3 aromatic carbocycles. The van der Waals surface area contributed by atoms with Gasteiger partial charge in [-0.3, -0.25) is 0 Å². The third-order valence-electron chi connectivity index (χ3n) is 4.68. The number of rotatable bonds is 9. The van der Waals surface area contributed by atoms with E-state index in [0.29, 0.717) is 12.6 Å². The third kappa shape index (κ3) is 5.84. The molecule has 28 heavy (non-hydrogen) atoms. The standard InChI is InChI=1S/C24H25BrClNO/c1-2-8-23(18-9-4-3-5-10-18)27-16-20-15-21(25)13-14-24(20)28-17-19-11-6-7-12-22(19)26/h3-7,9-15,23,27H,2,8,16-17H2,1H3. The Hall–Kier alpha value is -1.81. The fourth-order valence-electron chi connectivity index (χ4n) is 3.19. The van der Waals surface area contributed by atoms with Crippen molar-refractivity contribution in [1.29, 1.82) is 0 Å². The van der Waals surface area contributed by atoms with Gasteiger partial charge in [0, 0.05) is 33.2 Å². The van der Waals surface area contributed by atoms with Crippen LogP contribution in [0.15, 0.2) is 77.3 Å². The van der Waals surface area contributed by atoms with Gasteiger partial charge in [-0.1, -0.05) is 89.4 Å². The molecule has 0 aromatic heterocycles. The van der Waals surface area contributed by atoms with Gasteiger partial charge < -0.3 is 10.1 Å². The fraction of sp³-hybridized carbons (Fsp3) is 0.250. The van der Waals surface area contributed by atoms with Gasteiger partial charge in [0.15, 0.2) is 0 Å². The molecule has 3 aromatic rings. The van der Waals surface area contributed by atoms with Crippen molar-refractivity contribution in [3.05, 3.63) is 99.0 Å². The molecule has 0 bridgehead atoms. The molecule has 0 heterocycles. The number of hydrogen-bond donors (Lipinski definition) is 1. The highest BCUT2D eigenvalue weighted by Crippen LogP contribution is 2.27. The maximum Gasteiger partial charge on any atom is 0.124 e. The van der Waals surface area contributed by atoms with Crippen LogP contribution in [0.4, 0.5) is 0 Å². The second-order valence-corrected chi connectivity index (χ2v) is 8.09. The molecule has 4 heteroatoms. The van der Waals surface area contributed by atoms with Gasteiger partial charge in [-0.2, -0.15) is 0 Å². The van der Waals surface area contributed by atoms with Crippen LogP contribution in [0.3, 0.4) is 0 Å². The van der Waals surface area contributed by atoms with Crippen molar-refractivity contribution in [2.45, 2.75) is 39.0 Å². The summed E-state index contributed by atoms with van der Waals surface area (Å²) >= 11 is 9.84. The summed E-state index contributed by atoms with van der Waals surface area (Å²) in [7, 11) is 0. The number of halogens is 2. The largest absolute Gasteiger partial charge is 0.489 e. The van der Waals surface area contributed by atoms with Crippen LogP contribution in [0.5, 0.6) is 5.75 Å². The minimum Gasteiger partial charge on any atom is -0.489 e. The number of benzene rings is 3. The molecule has 0 saturated carbocycles. The molecule has 146 valence electrons. The normalized spacial score (nSPS) is 12.0. The summed E-state index contributed by atoms with van der Waals surface area (Å²) in [6.07, 6.45) is 2.22. The lowest BCUT2D eigenvalue weighted by Crippen LogP contribution is -2.21. The molecule has 0 saturated heterocycles. The first-order chi connectivity index (χ1) is 13.7. The van der Waals surface area contributed by atoms with Crippen molar-refractivity contribution in [2.24, 2.45) is 0 Å². The Balaban J connectivity index is 1.72. The Morgan fingerprint density at radius 1 is 0.964 bits per heavy atom. The Morgan fingerprint density at radius 2 is 1.71 bits per heavy atom. The van der Waals surface area contributed by atoms with Crippen LogP contribution in [0.25, 0.3) is 0 Å². The molecule has 0 spiro atoms. The Kier molecular flexibility index (Phi) is 7.96. The van der Waals surface area contributed by atoms with Gasteiger partial charge in [-0.05, 0) is 36.2 Å². The molecule has 1 unspecified atom stereocenters. The summed E-state index contributed by atoms with van der Waals surface area (Å²) in [5, 5.41) is 4.43. The van der Waals surface area contributed by atoms with Crippen LogP contribution >= 0.6 is 27.5 Å². The highest BCUT2D eigenvalue weighted by atomic mass is 79.9. The van der Waals surface area contributed by atoms with Crippen molar-refractivity contribution < 1.29 is 4.74 Å². The third-order valence-corrected chi connectivity index (χ3v) is 5.54. The summed E-state index contributed by atoms with van der Waals surface area (Å²) in [6, 6.07) is 24.8. The summed E-state index contributed by atoms with van der Waals surface area (Å²) in [6.45, 7) is 3.40. The highest BCUT2D eigenvalue weighted by Gasteiger charge is 2.12. The minimum atomic E-state index is 0.321. The summed E-state index contributed by atoms with van der Waals surface area (Å²) in [5.41, 5.74) is 3.43. The zero-order valence-corrected chi connectivity index (χ0v) is 18.3. The van der Waals surface area contributed by atoms with Crippen LogP contribution in [-0.2, 0) is 13.2 Å². The lowest BCUT2D eigenvalue weighted by atomic mass is 10.0. The summed E-state index contributed by atoms with van der Waals surface area (Å²) in [4.78, 5) is 0. The molecule has 0 fully saturated rings. The van der Waals surface area contributed by atoms with Gasteiger partial charge in [0.25, 0.3) is 0 Å². The van der Waals surface area contributed by atoms with Gasteiger partial charge in [-0.15, -0.1) is 0 Å². The zero-order valence-electron chi connectivity index (χ0n) is 16.0. The Bertz CT molecular complexity index is 885. The predicted molar refractivity (Wildman–Crippen MR) is 121 cm³/mol. The summed E-state index contributed by atoms with van der Waals surface area (Å²) in [5.74, 6) is 0.874. The van der Waals surface area contributed by atoms with Gasteiger partial charge in [-0.25, -0.2) is 0 Å². The average molecular weight is 459 g/mol. The molecule has 0 radical (unpaired) electrons. The SMILES string of the molecule is CCCC(NCc1cc(Br)ccc1OCc1ccccc1Cl)c1ccccc1. The van der Waals surface area contributed by atoms with E-state index in [2.05, 4.69) is 64.6 Å². The zero-order chi connectivity index (χ0) is 19.8. The van der Waals surface area contributed by atoms with Crippen LogP contribution in [0.2, 0.25) is 5.02 Å². The lowest BCUT2D eigenvalue weighted by Gasteiger charge is -2.20. The molecule has 0 aliphatic carbocycles. The minimum absolute atomic E-state index is 0.321. The molecule has 3 rings (SSSR count). The number of ether oxygens (including phenoxy) is 1. The van der Waals surface area contributed by atoms with Crippen LogP contribution in [0.1, 0.15) is 42.5 Å². The van der Waals surface area contributed by atoms with Gasteiger partial charge in [0.2, 0.25) is 0 Å². The van der Waals surface area contributed by atoms with E-state index in [-0.39, 0.29) is 0 Å². The van der Waals surface area contributed by atoms with E-state index in [0.717, 1.165) is 45.8 Å². The topological polar surface area (TPSA) is 21.3 Å². The molecule has 1 N–H and O–H groups in total. The van der Waals surface area contributed by atoms with Crippen molar-refractivity contribution in [3.63, 3.8) is 0 Å². The molecule has 0 aliphatic heterocycles. The maximum absolute atomic E-state index is 6.26. The van der Waals surface area contributed by atoms with Gasteiger partial charge in [0.05, 0.1) is 0 Å². The van der Waals surface area contributed by atoms with Gasteiger partial charge >= 0.3 is 0 Å². The van der Waals surface area contributed by atoms with Crippen molar-refractivity contribution in [2.75, 3.05) is 0 Å². The molecule has 0 aliphatic rings. The van der Waals surface area contributed by atoms with E-state index < -0.39 is 0 Å². The van der Waals surface area contributed by atoms with E-state index in [9.17, 15) is 0 Å². The average Bonchev–Trinajstić information content (AvgIpc) is 2.72. The first-order valence-electron chi connectivity index (χ1n) is 9.60. The van der Waals surface area contributed by atoms with Crippen molar-refractivity contribution in [1.82, 2.24) is 5.32 Å². The van der Waals surface area contributed by atoms with Crippen LogP contribution in [-0.4, -0.2) is 0 Å². The predicted octanol–water partition coefficient (Wildman–Crippen LogP) is 7.31. The second-order valence-electron chi connectivity index (χ2n) is 6.76.